The number of hydrogen-bond donors (Lipinski definition) is 1. The summed E-state index contributed by atoms with van der Waals surface area (Å²) >= 11 is 0. The second kappa shape index (κ2) is 5.89. The molecule has 2 aliphatic carbocycles. The number of rotatable bonds is 5. The fraction of sp³-hybridized carbons (Fsp3) is 1.00. The molecule has 15 heavy (non-hydrogen) atoms. The average Bonchev–Trinajstić information content (AvgIpc) is 3.03. The predicted octanol–water partition coefficient (Wildman–Crippen LogP) is 3.74. The number of hydrogen-bond acceptors (Lipinski definition) is 1. The largest absolute Gasteiger partial charge is 0.314 e. The number of nitrogens with one attached hydrogen (secondary N) is 1. The van der Waals surface area contributed by atoms with Crippen molar-refractivity contribution in [3.8, 4) is 0 Å². The molecule has 1 N–H and O–H groups in total. The minimum Gasteiger partial charge on any atom is -0.314 e. The Kier molecular flexibility index (Phi) is 4.49. The second-order valence-electron chi connectivity index (χ2n) is 5.59. The van der Waals surface area contributed by atoms with E-state index < -0.39 is 0 Å². The molecule has 88 valence electrons. The standard InChI is InChI=1S/C14H27N/c1-2-15-14(11-12-9-10-12)13-7-5-3-4-6-8-13/h12-15H,2-11H2,1H3. The zero-order valence-electron chi connectivity index (χ0n) is 10.3. The van der Waals surface area contributed by atoms with Crippen molar-refractivity contribution >= 4 is 0 Å². The molecule has 1 nitrogen and oxygen atoms in total. The van der Waals surface area contributed by atoms with Gasteiger partial charge in [-0.05, 0) is 37.6 Å². The van der Waals surface area contributed by atoms with Crippen LogP contribution in [0.5, 0.6) is 0 Å². The van der Waals surface area contributed by atoms with Gasteiger partial charge >= 0.3 is 0 Å². The summed E-state index contributed by atoms with van der Waals surface area (Å²) < 4.78 is 0. The van der Waals surface area contributed by atoms with Crippen LogP contribution in [0.25, 0.3) is 0 Å². The predicted molar refractivity (Wildman–Crippen MR) is 66.0 cm³/mol. The topological polar surface area (TPSA) is 12.0 Å². The van der Waals surface area contributed by atoms with Crippen LogP contribution < -0.4 is 5.32 Å². The molecule has 0 saturated heterocycles. The summed E-state index contributed by atoms with van der Waals surface area (Å²) in [5.74, 6) is 2.07. The van der Waals surface area contributed by atoms with Crippen LogP contribution in [0.2, 0.25) is 0 Å². The van der Waals surface area contributed by atoms with E-state index in [0.29, 0.717) is 0 Å². The van der Waals surface area contributed by atoms with E-state index in [2.05, 4.69) is 12.2 Å². The Morgan fingerprint density at radius 3 is 2.20 bits per heavy atom. The molecular weight excluding hydrogens is 182 g/mol. The molecule has 1 heteroatoms. The first kappa shape index (κ1) is 11.4. The third-order valence-electron chi connectivity index (χ3n) is 4.22. The second-order valence-corrected chi connectivity index (χ2v) is 5.59. The van der Waals surface area contributed by atoms with Crippen LogP contribution in [0.15, 0.2) is 0 Å². The van der Waals surface area contributed by atoms with Crippen molar-refractivity contribution in [1.29, 1.82) is 0 Å². The Hall–Kier alpha value is -0.0400. The Labute approximate surface area is 95.0 Å². The van der Waals surface area contributed by atoms with Crippen molar-refractivity contribution in [2.45, 2.75) is 70.8 Å². The summed E-state index contributed by atoms with van der Waals surface area (Å²) in [7, 11) is 0. The minimum atomic E-state index is 0.848. The molecule has 0 aromatic heterocycles. The molecule has 2 rings (SSSR count). The maximum atomic E-state index is 3.75. The Morgan fingerprint density at radius 2 is 1.67 bits per heavy atom. The lowest BCUT2D eigenvalue weighted by Gasteiger charge is -2.27. The summed E-state index contributed by atoms with van der Waals surface area (Å²) in [5.41, 5.74) is 0. The minimum absolute atomic E-state index is 0.848. The Morgan fingerprint density at radius 1 is 1.00 bits per heavy atom. The van der Waals surface area contributed by atoms with Crippen LogP contribution in [0.4, 0.5) is 0 Å². The third-order valence-corrected chi connectivity index (χ3v) is 4.22. The van der Waals surface area contributed by atoms with E-state index in [0.717, 1.165) is 24.4 Å². The molecule has 0 bridgehead atoms. The van der Waals surface area contributed by atoms with Crippen LogP contribution in [-0.4, -0.2) is 12.6 Å². The fourth-order valence-electron chi connectivity index (χ4n) is 3.13. The molecule has 2 fully saturated rings. The summed E-state index contributed by atoms with van der Waals surface area (Å²) in [4.78, 5) is 0. The summed E-state index contributed by atoms with van der Waals surface area (Å²) in [6, 6.07) is 0.848. The van der Waals surface area contributed by atoms with Gasteiger partial charge in [-0.1, -0.05) is 45.4 Å². The molecule has 0 aliphatic heterocycles. The van der Waals surface area contributed by atoms with Crippen molar-refractivity contribution < 1.29 is 0 Å². The van der Waals surface area contributed by atoms with Gasteiger partial charge in [0.15, 0.2) is 0 Å². The smallest absolute Gasteiger partial charge is 0.00978 e. The lowest BCUT2D eigenvalue weighted by molar-refractivity contribution is 0.298. The SMILES string of the molecule is CCNC(CC1CC1)C1CCCCCC1. The van der Waals surface area contributed by atoms with E-state index in [1.54, 1.807) is 0 Å². The van der Waals surface area contributed by atoms with E-state index in [-0.39, 0.29) is 0 Å². The van der Waals surface area contributed by atoms with Crippen LogP contribution in [0.1, 0.15) is 64.7 Å². The first-order valence-corrected chi connectivity index (χ1v) is 7.13. The van der Waals surface area contributed by atoms with Gasteiger partial charge in [-0.25, -0.2) is 0 Å². The highest BCUT2D eigenvalue weighted by atomic mass is 14.9. The Balaban J connectivity index is 1.82. The molecule has 0 aromatic rings. The van der Waals surface area contributed by atoms with Gasteiger partial charge < -0.3 is 5.32 Å². The summed E-state index contributed by atoms with van der Waals surface area (Å²) in [5, 5.41) is 3.75. The highest BCUT2D eigenvalue weighted by Crippen LogP contribution is 2.37. The van der Waals surface area contributed by atoms with Crippen LogP contribution in [0.3, 0.4) is 0 Å². The van der Waals surface area contributed by atoms with E-state index in [4.69, 9.17) is 0 Å². The summed E-state index contributed by atoms with van der Waals surface area (Å²) in [6.45, 7) is 3.42. The quantitative estimate of drug-likeness (QED) is 0.680. The normalized spacial score (nSPS) is 26.2. The molecule has 2 saturated carbocycles. The van der Waals surface area contributed by atoms with Crippen molar-refractivity contribution in [3.05, 3.63) is 0 Å². The Bertz CT molecular complexity index is 166. The lowest BCUT2D eigenvalue weighted by atomic mass is 9.88. The summed E-state index contributed by atoms with van der Waals surface area (Å²) in [6.07, 6.45) is 13.4. The molecule has 0 amide bonds. The van der Waals surface area contributed by atoms with Crippen molar-refractivity contribution in [2.75, 3.05) is 6.54 Å². The first-order chi connectivity index (χ1) is 7.40. The van der Waals surface area contributed by atoms with Crippen LogP contribution in [-0.2, 0) is 0 Å². The monoisotopic (exact) mass is 209 g/mol. The maximum Gasteiger partial charge on any atom is 0.00978 e. The van der Waals surface area contributed by atoms with Crippen LogP contribution in [0, 0.1) is 11.8 Å². The van der Waals surface area contributed by atoms with E-state index in [1.165, 1.54) is 57.8 Å². The van der Waals surface area contributed by atoms with Crippen LogP contribution >= 0.6 is 0 Å². The van der Waals surface area contributed by atoms with E-state index in [9.17, 15) is 0 Å². The lowest BCUT2D eigenvalue weighted by Crippen LogP contribution is -2.36. The molecule has 0 spiro atoms. The molecule has 2 aliphatic rings. The van der Waals surface area contributed by atoms with Gasteiger partial charge in [0.05, 0.1) is 0 Å². The molecule has 1 unspecified atom stereocenters. The highest BCUT2D eigenvalue weighted by molar-refractivity contribution is 4.85. The zero-order valence-corrected chi connectivity index (χ0v) is 10.3. The maximum absolute atomic E-state index is 3.75. The van der Waals surface area contributed by atoms with E-state index in [1.807, 2.05) is 0 Å². The van der Waals surface area contributed by atoms with Crippen molar-refractivity contribution in [1.82, 2.24) is 5.32 Å². The first-order valence-electron chi connectivity index (χ1n) is 7.13. The van der Waals surface area contributed by atoms with Crippen molar-refractivity contribution in [3.63, 3.8) is 0 Å². The van der Waals surface area contributed by atoms with Crippen molar-refractivity contribution in [2.24, 2.45) is 11.8 Å². The average molecular weight is 209 g/mol. The van der Waals surface area contributed by atoms with Gasteiger partial charge in [-0.3, -0.25) is 0 Å². The molecular formula is C14H27N. The molecule has 0 radical (unpaired) electrons. The van der Waals surface area contributed by atoms with E-state index >= 15 is 0 Å². The third kappa shape index (κ3) is 3.79. The molecule has 0 aromatic carbocycles. The van der Waals surface area contributed by atoms with Gasteiger partial charge in [0.2, 0.25) is 0 Å². The fourth-order valence-corrected chi connectivity index (χ4v) is 3.13. The van der Waals surface area contributed by atoms with Gasteiger partial charge in [0.1, 0.15) is 0 Å². The highest BCUT2D eigenvalue weighted by Gasteiger charge is 2.29. The molecule has 1 atom stereocenters. The van der Waals surface area contributed by atoms with Gasteiger partial charge in [-0.2, -0.15) is 0 Å². The van der Waals surface area contributed by atoms with Gasteiger partial charge in [0.25, 0.3) is 0 Å². The molecule has 0 heterocycles. The van der Waals surface area contributed by atoms with Gasteiger partial charge in [0, 0.05) is 6.04 Å². The zero-order chi connectivity index (χ0) is 10.5. The van der Waals surface area contributed by atoms with Gasteiger partial charge in [-0.15, -0.1) is 0 Å².